The zero-order chi connectivity index (χ0) is 12.8. The first-order valence-corrected chi connectivity index (χ1v) is 6.14. The Kier molecular flexibility index (Phi) is 4.22. The summed E-state index contributed by atoms with van der Waals surface area (Å²) < 4.78 is 5.09. The van der Waals surface area contributed by atoms with Crippen molar-refractivity contribution in [1.29, 1.82) is 0 Å². The van der Waals surface area contributed by atoms with Crippen LogP contribution in [0.4, 0.5) is 4.79 Å². The highest BCUT2D eigenvalue weighted by atomic mass is 16.3. The topological polar surface area (TPSA) is 92.6 Å². The maximum absolute atomic E-state index is 11.5. The smallest absolute Gasteiger partial charge is 0.321 e. The van der Waals surface area contributed by atoms with E-state index in [1.165, 1.54) is 12.8 Å². The normalized spacial score (nSPS) is 16.8. The second-order valence-electron chi connectivity index (χ2n) is 4.34. The summed E-state index contributed by atoms with van der Waals surface area (Å²) in [6, 6.07) is 3.45. The summed E-state index contributed by atoms with van der Waals surface area (Å²) in [6.45, 7) is 0.329. The predicted molar refractivity (Wildman–Crippen MR) is 68.0 cm³/mol. The third-order valence-electron chi connectivity index (χ3n) is 2.89. The van der Waals surface area contributed by atoms with Gasteiger partial charge in [0.2, 0.25) is 0 Å². The molecule has 2 amide bonds. The molecular weight excluding hydrogens is 232 g/mol. The number of carbonyl (C=O) groups excluding carboxylic acids is 1. The number of carbonyl (C=O) groups is 1. The van der Waals surface area contributed by atoms with Gasteiger partial charge >= 0.3 is 6.03 Å². The fourth-order valence-corrected chi connectivity index (χ4v) is 2.00. The molecule has 1 aromatic rings. The molecule has 0 radical (unpaired) electrons. The Hall–Kier alpha value is -1.98. The van der Waals surface area contributed by atoms with Crippen molar-refractivity contribution in [1.82, 2.24) is 10.6 Å². The number of amides is 2. The van der Waals surface area contributed by atoms with Crippen LogP contribution in [-0.2, 0) is 6.54 Å². The Morgan fingerprint density at radius 3 is 2.94 bits per heavy atom. The van der Waals surface area contributed by atoms with E-state index in [-0.39, 0.29) is 18.0 Å². The molecule has 0 spiro atoms. The van der Waals surface area contributed by atoms with Gasteiger partial charge in [0.15, 0.2) is 5.96 Å². The molecule has 0 aliphatic heterocycles. The highest BCUT2D eigenvalue weighted by molar-refractivity contribution is 5.95. The van der Waals surface area contributed by atoms with E-state index in [4.69, 9.17) is 10.2 Å². The van der Waals surface area contributed by atoms with Crippen LogP contribution in [0.25, 0.3) is 0 Å². The number of nitrogens with zero attached hydrogens (tertiary/aromatic N) is 1. The number of urea groups is 1. The van der Waals surface area contributed by atoms with Crippen molar-refractivity contribution in [2.75, 3.05) is 0 Å². The second kappa shape index (κ2) is 6.09. The first-order valence-electron chi connectivity index (χ1n) is 6.14. The van der Waals surface area contributed by atoms with Crippen LogP contribution in [0.5, 0.6) is 0 Å². The number of nitrogens with two attached hydrogens (primary N) is 1. The lowest BCUT2D eigenvalue weighted by molar-refractivity contribution is 0.244. The molecule has 1 aliphatic carbocycles. The van der Waals surface area contributed by atoms with E-state index in [1.54, 1.807) is 18.4 Å². The third-order valence-corrected chi connectivity index (χ3v) is 2.89. The lowest BCUT2D eigenvalue weighted by atomic mass is 10.3. The Morgan fingerprint density at radius 1 is 1.50 bits per heavy atom. The number of hydrogen-bond donors (Lipinski definition) is 3. The molecule has 0 atom stereocenters. The molecule has 4 N–H and O–H groups in total. The van der Waals surface area contributed by atoms with Crippen LogP contribution in [0.3, 0.4) is 0 Å². The van der Waals surface area contributed by atoms with Crippen molar-refractivity contribution >= 4 is 12.0 Å². The number of aliphatic imine (C=N–C) groups is 1. The number of nitrogens with one attached hydrogen (secondary N) is 2. The van der Waals surface area contributed by atoms with E-state index in [2.05, 4.69) is 15.6 Å². The summed E-state index contributed by atoms with van der Waals surface area (Å²) >= 11 is 0. The number of furan rings is 1. The molecule has 1 heterocycles. The monoisotopic (exact) mass is 250 g/mol. The standard InChI is InChI=1S/C12H18N4O2/c13-11(15-9-4-1-2-5-9)16-12(17)14-8-10-6-3-7-18-10/h3,6-7,9H,1-2,4-5,8H2,(H4,13,14,15,16,17). The van der Waals surface area contributed by atoms with Crippen molar-refractivity contribution in [3.05, 3.63) is 24.2 Å². The quantitative estimate of drug-likeness (QED) is 0.558. The minimum Gasteiger partial charge on any atom is -0.467 e. The Labute approximate surface area is 106 Å². The SMILES string of the molecule is NC(=NC1CCCC1)NC(=O)NCc1ccco1. The summed E-state index contributed by atoms with van der Waals surface area (Å²) in [7, 11) is 0. The van der Waals surface area contributed by atoms with Gasteiger partial charge in [0.1, 0.15) is 5.76 Å². The van der Waals surface area contributed by atoms with Crippen LogP contribution in [0.2, 0.25) is 0 Å². The van der Waals surface area contributed by atoms with Gasteiger partial charge in [-0.15, -0.1) is 0 Å². The van der Waals surface area contributed by atoms with Crippen molar-refractivity contribution in [3.63, 3.8) is 0 Å². The molecular formula is C12H18N4O2. The van der Waals surface area contributed by atoms with E-state index < -0.39 is 0 Å². The number of guanidine groups is 1. The van der Waals surface area contributed by atoms with Gasteiger partial charge in [0, 0.05) is 0 Å². The first kappa shape index (κ1) is 12.5. The van der Waals surface area contributed by atoms with E-state index in [1.807, 2.05) is 0 Å². The summed E-state index contributed by atoms with van der Waals surface area (Å²) in [5.74, 6) is 0.871. The maximum atomic E-state index is 11.5. The predicted octanol–water partition coefficient (Wildman–Crippen LogP) is 1.34. The molecule has 1 aliphatic rings. The fraction of sp³-hybridized carbons (Fsp3) is 0.500. The van der Waals surface area contributed by atoms with E-state index in [0.29, 0.717) is 12.3 Å². The average molecular weight is 250 g/mol. The molecule has 0 saturated heterocycles. The second-order valence-corrected chi connectivity index (χ2v) is 4.34. The Morgan fingerprint density at radius 2 is 2.28 bits per heavy atom. The molecule has 0 unspecified atom stereocenters. The molecule has 98 valence electrons. The van der Waals surface area contributed by atoms with Gasteiger partial charge < -0.3 is 15.5 Å². The molecule has 1 aromatic heterocycles. The number of rotatable bonds is 3. The van der Waals surface area contributed by atoms with Gasteiger partial charge in [-0.3, -0.25) is 5.32 Å². The molecule has 1 saturated carbocycles. The highest BCUT2D eigenvalue weighted by Gasteiger charge is 2.14. The zero-order valence-electron chi connectivity index (χ0n) is 10.2. The summed E-state index contributed by atoms with van der Waals surface area (Å²) in [5.41, 5.74) is 5.66. The van der Waals surface area contributed by atoms with Crippen LogP contribution in [0.1, 0.15) is 31.4 Å². The van der Waals surface area contributed by atoms with Gasteiger partial charge in [-0.25, -0.2) is 9.79 Å². The Balaban J connectivity index is 1.72. The summed E-state index contributed by atoms with van der Waals surface area (Å²) in [4.78, 5) is 15.8. The minimum absolute atomic E-state index is 0.179. The van der Waals surface area contributed by atoms with Crippen LogP contribution < -0.4 is 16.4 Å². The lowest BCUT2D eigenvalue weighted by Crippen LogP contribution is -2.43. The first-order chi connectivity index (χ1) is 8.74. The summed E-state index contributed by atoms with van der Waals surface area (Å²) in [5, 5.41) is 5.14. The largest absolute Gasteiger partial charge is 0.467 e. The van der Waals surface area contributed by atoms with Gasteiger partial charge in [-0.05, 0) is 25.0 Å². The van der Waals surface area contributed by atoms with E-state index >= 15 is 0 Å². The number of hydrogen-bond acceptors (Lipinski definition) is 3. The third kappa shape index (κ3) is 3.80. The van der Waals surface area contributed by atoms with E-state index in [9.17, 15) is 4.79 Å². The maximum Gasteiger partial charge on any atom is 0.321 e. The average Bonchev–Trinajstić information content (AvgIpc) is 2.98. The molecule has 0 bridgehead atoms. The Bertz CT molecular complexity index is 408. The fourth-order valence-electron chi connectivity index (χ4n) is 2.00. The van der Waals surface area contributed by atoms with Crippen LogP contribution in [0, 0.1) is 0 Å². The van der Waals surface area contributed by atoms with Crippen molar-refractivity contribution in [3.8, 4) is 0 Å². The molecule has 18 heavy (non-hydrogen) atoms. The van der Waals surface area contributed by atoms with Gasteiger partial charge in [-0.1, -0.05) is 12.8 Å². The summed E-state index contributed by atoms with van der Waals surface area (Å²) in [6.07, 6.45) is 6.04. The van der Waals surface area contributed by atoms with Crippen molar-refractivity contribution in [2.45, 2.75) is 38.3 Å². The van der Waals surface area contributed by atoms with Crippen molar-refractivity contribution in [2.24, 2.45) is 10.7 Å². The molecule has 2 rings (SSSR count). The zero-order valence-corrected chi connectivity index (χ0v) is 10.2. The molecule has 6 nitrogen and oxygen atoms in total. The molecule has 0 aromatic carbocycles. The van der Waals surface area contributed by atoms with Crippen molar-refractivity contribution < 1.29 is 9.21 Å². The van der Waals surface area contributed by atoms with Crippen LogP contribution in [-0.4, -0.2) is 18.0 Å². The highest BCUT2D eigenvalue weighted by Crippen LogP contribution is 2.20. The lowest BCUT2D eigenvalue weighted by Gasteiger charge is -2.08. The molecule has 6 heteroatoms. The minimum atomic E-state index is -0.370. The van der Waals surface area contributed by atoms with Crippen LogP contribution >= 0.6 is 0 Å². The van der Waals surface area contributed by atoms with Gasteiger partial charge in [-0.2, -0.15) is 0 Å². The van der Waals surface area contributed by atoms with Gasteiger partial charge in [0.05, 0.1) is 18.8 Å². The van der Waals surface area contributed by atoms with Crippen LogP contribution in [0.15, 0.2) is 27.8 Å². The van der Waals surface area contributed by atoms with Gasteiger partial charge in [0.25, 0.3) is 0 Å². The molecule has 1 fully saturated rings. The van der Waals surface area contributed by atoms with E-state index in [0.717, 1.165) is 12.8 Å².